The highest BCUT2D eigenvalue weighted by Gasteiger charge is 2.22. The first-order chi connectivity index (χ1) is 10.3. The molecule has 1 heterocycles. The molecule has 1 N–H and O–H groups in total. The molecule has 2 aromatic carbocycles. The highest BCUT2D eigenvalue weighted by atomic mass is 35.5. The summed E-state index contributed by atoms with van der Waals surface area (Å²) in [4.78, 5) is 5.48. The lowest BCUT2D eigenvalue weighted by molar-refractivity contribution is 0.0848. The number of hydrogen-bond acceptors (Lipinski definition) is 3. The molecular formula is C17H17ClN2O. The molecule has 1 atom stereocenters. The normalized spacial score (nSPS) is 17.4. The summed E-state index contributed by atoms with van der Waals surface area (Å²) >= 11 is 6.18. The van der Waals surface area contributed by atoms with Gasteiger partial charge in [-0.2, -0.15) is 0 Å². The van der Waals surface area contributed by atoms with E-state index in [1.165, 1.54) is 5.56 Å². The van der Waals surface area contributed by atoms with Gasteiger partial charge in [-0.05, 0) is 11.6 Å². The monoisotopic (exact) mass is 300 g/mol. The molecule has 0 radical (unpaired) electrons. The van der Waals surface area contributed by atoms with Crippen molar-refractivity contribution >= 4 is 17.3 Å². The Hall–Kier alpha value is -1.84. The third-order valence-corrected chi connectivity index (χ3v) is 3.79. The van der Waals surface area contributed by atoms with Gasteiger partial charge in [-0.1, -0.05) is 65.3 Å². The zero-order valence-electron chi connectivity index (χ0n) is 11.6. The smallest absolute Gasteiger partial charge is 0.145 e. The van der Waals surface area contributed by atoms with Crippen LogP contribution in [0.3, 0.4) is 0 Å². The number of nitrogens with zero attached hydrogens (tertiary/aromatic N) is 1. The fourth-order valence-electron chi connectivity index (χ4n) is 2.37. The van der Waals surface area contributed by atoms with Crippen LogP contribution in [0.25, 0.3) is 0 Å². The molecule has 0 aromatic heterocycles. The van der Waals surface area contributed by atoms with Crippen LogP contribution < -0.4 is 5.32 Å². The van der Waals surface area contributed by atoms with E-state index in [1.807, 2.05) is 42.5 Å². The molecule has 4 heteroatoms. The van der Waals surface area contributed by atoms with E-state index < -0.39 is 0 Å². The van der Waals surface area contributed by atoms with E-state index in [9.17, 15) is 0 Å². The highest BCUT2D eigenvalue weighted by Crippen LogP contribution is 2.22. The number of benzene rings is 2. The van der Waals surface area contributed by atoms with Crippen molar-refractivity contribution in [1.29, 1.82) is 0 Å². The minimum Gasteiger partial charge on any atom is -0.390 e. The van der Waals surface area contributed by atoms with Gasteiger partial charge < -0.3 is 10.2 Å². The molecule has 0 saturated heterocycles. The molecular weight excluding hydrogens is 284 g/mol. The number of nitrogens with one attached hydrogen (secondary N) is 1. The van der Waals surface area contributed by atoms with Crippen LogP contribution >= 0.6 is 11.6 Å². The van der Waals surface area contributed by atoms with Crippen LogP contribution in [0.5, 0.6) is 0 Å². The molecule has 0 bridgehead atoms. The van der Waals surface area contributed by atoms with Crippen molar-refractivity contribution < 1.29 is 4.84 Å². The van der Waals surface area contributed by atoms with E-state index in [2.05, 4.69) is 22.6 Å². The third kappa shape index (κ3) is 3.63. The SMILES string of the molecule is Clc1ccccc1C1=NO[C@H](CNCc2ccccc2)C1. The second-order valence-electron chi connectivity index (χ2n) is 5.07. The van der Waals surface area contributed by atoms with Crippen LogP contribution in [0.4, 0.5) is 0 Å². The molecule has 1 aliphatic heterocycles. The average molecular weight is 301 g/mol. The number of rotatable bonds is 5. The van der Waals surface area contributed by atoms with Gasteiger partial charge in [0.1, 0.15) is 6.10 Å². The van der Waals surface area contributed by atoms with Crippen LogP contribution in [0, 0.1) is 0 Å². The Labute approximate surface area is 129 Å². The van der Waals surface area contributed by atoms with E-state index >= 15 is 0 Å². The Kier molecular flexibility index (Phi) is 4.53. The quantitative estimate of drug-likeness (QED) is 0.915. The summed E-state index contributed by atoms with van der Waals surface area (Å²) in [5, 5.41) is 8.29. The van der Waals surface area contributed by atoms with Crippen LogP contribution in [0.1, 0.15) is 17.5 Å². The molecule has 108 valence electrons. The second kappa shape index (κ2) is 6.74. The predicted molar refractivity (Wildman–Crippen MR) is 85.6 cm³/mol. The van der Waals surface area contributed by atoms with Crippen molar-refractivity contribution in [3.63, 3.8) is 0 Å². The maximum absolute atomic E-state index is 6.18. The summed E-state index contributed by atoms with van der Waals surface area (Å²) in [6.45, 7) is 1.61. The Morgan fingerprint density at radius 1 is 1.10 bits per heavy atom. The summed E-state index contributed by atoms with van der Waals surface area (Å²) in [5.41, 5.74) is 3.15. The van der Waals surface area contributed by atoms with Crippen molar-refractivity contribution in [1.82, 2.24) is 5.32 Å². The highest BCUT2D eigenvalue weighted by molar-refractivity contribution is 6.34. The summed E-state index contributed by atoms with van der Waals surface area (Å²) < 4.78 is 0. The van der Waals surface area contributed by atoms with Crippen LogP contribution in [-0.4, -0.2) is 18.4 Å². The molecule has 0 fully saturated rings. The Morgan fingerprint density at radius 3 is 2.67 bits per heavy atom. The van der Waals surface area contributed by atoms with Crippen LogP contribution in [0.2, 0.25) is 5.02 Å². The summed E-state index contributed by atoms with van der Waals surface area (Å²) in [7, 11) is 0. The molecule has 1 aliphatic rings. The molecule has 0 saturated carbocycles. The van der Waals surface area contributed by atoms with Crippen molar-refractivity contribution in [2.24, 2.45) is 5.16 Å². The fraction of sp³-hybridized carbons (Fsp3) is 0.235. The van der Waals surface area contributed by atoms with Gasteiger partial charge in [-0.25, -0.2) is 0 Å². The van der Waals surface area contributed by atoms with Crippen molar-refractivity contribution in [2.75, 3.05) is 6.54 Å². The van der Waals surface area contributed by atoms with Gasteiger partial charge in [0.2, 0.25) is 0 Å². The average Bonchev–Trinajstić information content (AvgIpc) is 2.97. The standard InChI is InChI=1S/C17H17ClN2O/c18-16-9-5-4-8-15(16)17-10-14(21-20-17)12-19-11-13-6-2-1-3-7-13/h1-9,14,19H,10-12H2/t14-/m0/s1. The van der Waals surface area contributed by atoms with Gasteiger partial charge in [0.15, 0.2) is 0 Å². The number of halogens is 1. The Balaban J connectivity index is 1.49. The Bertz CT molecular complexity index is 628. The summed E-state index contributed by atoms with van der Waals surface area (Å²) in [6, 6.07) is 18.1. The van der Waals surface area contributed by atoms with Gasteiger partial charge in [-0.3, -0.25) is 0 Å². The topological polar surface area (TPSA) is 33.6 Å². The van der Waals surface area contributed by atoms with Gasteiger partial charge in [-0.15, -0.1) is 0 Å². The van der Waals surface area contributed by atoms with E-state index in [-0.39, 0.29) is 6.10 Å². The van der Waals surface area contributed by atoms with E-state index in [1.54, 1.807) is 0 Å². The van der Waals surface area contributed by atoms with Gasteiger partial charge in [0.25, 0.3) is 0 Å². The lowest BCUT2D eigenvalue weighted by Crippen LogP contribution is -2.26. The third-order valence-electron chi connectivity index (χ3n) is 3.46. The van der Waals surface area contributed by atoms with Gasteiger partial charge in [0.05, 0.1) is 5.71 Å². The summed E-state index contributed by atoms with van der Waals surface area (Å²) in [5.74, 6) is 0. The largest absolute Gasteiger partial charge is 0.390 e. The molecule has 2 aromatic rings. The van der Waals surface area contributed by atoms with Crippen molar-refractivity contribution in [3.05, 3.63) is 70.7 Å². The van der Waals surface area contributed by atoms with Gasteiger partial charge >= 0.3 is 0 Å². The molecule has 0 unspecified atom stereocenters. The van der Waals surface area contributed by atoms with E-state index in [0.29, 0.717) is 0 Å². The molecule has 21 heavy (non-hydrogen) atoms. The van der Waals surface area contributed by atoms with E-state index in [4.69, 9.17) is 16.4 Å². The zero-order chi connectivity index (χ0) is 14.5. The molecule has 0 amide bonds. The van der Waals surface area contributed by atoms with Crippen LogP contribution in [0.15, 0.2) is 59.8 Å². The zero-order valence-corrected chi connectivity index (χ0v) is 12.4. The molecule has 0 aliphatic carbocycles. The van der Waals surface area contributed by atoms with Crippen LogP contribution in [-0.2, 0) is 11.4 Å². The first-order valence-electron chi connectivity index (χ1n) is 7.05. The molecule has 3 rings (SSSR count). The second-order valence-corrected chi connectivity index (χ2v) is 5.47. The summed E-state index contributed by atoms with van der Waals surface area (Å²) in [6.07, 6.45) is 0.853. The Morgan fingerprint density at radius 2 is 1.86 bits per heavy atom. The molecule has 3 nitrogen and oxygen atoms in total. The lowest BCUT2D eigenvalue weighted by atomic mass is 10.0. The first-order valence-corrected chi connectivity index (χ1v) is 7.43. The van der Waals surface area contributed by atoms with E-state index in [0.717, 1.165) is 35.8 Å². The van der Waals surface area contributed by atoms with Crippen molar-refractivity contribution in [3.8, 4) is 0 Å². The van der Waals surface area contributed by atoms with Gasteiger partial charge in [0, 0.05) is 30.1 Å². The minimum absolute atomic E-state index is 0.0694. The molecule has 0 spiro atoms. The fourth-order valence-corrected chi connectivity index (χ4v) is 2.61. The predicted octanol–water partition coefficient (Wildman–Crippen LogP) is 3.62. The maximum Gasteiger partial charge on any atom is 0.145 e. The van der Waals surface area contributed by atoms with Crippen molar-refractivity contribution in [2.45, 2.75) is 19.1 Å². The lowest BCUT2D eigenvalue weighted by Gasteiger charge is -2.09. The number of oxime groups is 1. The first kappa shape index (κ1) is 14.1. The number of hydrogen-bond donors (Lipinski definition) is 1. The minimum atomic E-state index is 0.0694. The maximum atomic E-state index is 6.18.